The third-order valence-corrected chi connectivity index (χ3v) is 4.76. The zero-order valence-corrected chi connectivity index (χ0v) is 19.6. The molecule has 172 valence electrons. The summed E-state index contributed by atoms with van der Waals surface area (Å²) in [7, 11) is 0. The van der Waals surface area contributed by atoms with E-state index in [1.54, 1.807) is 24.3 Å². The Balaban J connectivity index is 1.68. The number of amides is 2. The zero-order valence-electron chi connectivity index (χ0n) is 18.8. The maximum absolute atomic E-state index is 12.7. The molecule has 1 atom stereocenters. The van der Waals surface area contributed by atoms with E-state index < -0.39 is 17.6 Å². The Morgan fingerprint density at radius 1 is 1.12 bits per heavy atom. The van der Waals surface area contributed by atoms with Crippen LogP contribution < -0.4 is 10.6 Å². The van der Waals surface area contributed by atoms with Crippen molar-refractivity contribution in [2.24, 2.45) is 5.92 Å². The number of carbonyl (C=O) groups is 3. The molecule has 1 aromatic rings. The highest BCUT2D eigenvalue weighted by Crippen LogP contribution is 2.21. The smallest absolute Gasteiger partial charge is 0.407 e. The second kappa shape index (κ2) is 12.2. The molecule has 2 amide bonds. The lowest BCUT2D eigenvalue weighted by atomic mass is 9.88. The SMILES string of the molecule is CC(C)(C)OC(=O)NCCC=CCCNC(=O)C1C=CC=C(Cc2cccc(Cl)c2)C1=O. The van der Waals surface area contributed by atoms with Crippen molar-refractivity contribution in [1.82, 2.24) is 10.6 Å². The Morgan fingerprint density at radius 2 is 1.81 bits per heavy atom. The molecule has 0 saturated heterocycles. The van der Waals surface area contributed by atoms with Crippen molar-refractivity contribution in [3.63, 3.8) is 0 Å². The van der Waals surface area contributed by atoms with Gasteiger partial charge >= 0.3 is 6.09 Å². The molecule has 0 aromatic heterocycles. The van der Waals surface area contributed by atoms with Crippen LogP contribution in [0.4, 0.5) is 4.79 Å². The van der Waals surface area contributed by atoms with Gasteiger partial charge in [-0.15, -0.1) is 0 Å². The van der Waals surface area contributed by atoms with Crippen molar-refractivity contribution < 1.29 is 19.1 Å². The summed E-state index contributed by atoms with van der Waals surface area (Å²) in [6, 6.07) is 7.35. The molecule has 1 aromatic carbocycles. The third-order valence-electron chi connectivity index (χ3n) is 4.52. The predicted octanol–water partition coefficient (Wildman–Crippen LogP) is 4.54. The first-order valence-electron chi connectivity index (χ1n) is 10.7. The molecule has 0 fully saturated rings. The summed E-state index contributed by atoms with van der Waals surface area (Å²) in [5.41, 5.74) is 1.00. The van der Waals surface area contributed by atoms with Crippen molar-refractivity contribution in [1.29, 1.82) is 0 Å². The quantitative estimate of drug-likeness (QED) is 0.323. The van der Waals surface area contributed by atoms with Gasteiger partial charge in [-0.1, -0.05) is 54.1 Å². The summed E-state index contributed by atoms with van der Waals surface area (Å²) in [6.07, 6.45) is 10.3. The Hall–Kier alpha value is -2.86. The highest BCUT2D eigenvalue weighted by Gasteiger charge is 2.28. The number of allylic oxidation sites excluding steroid dienone is 3. The standard InChI is InChI=1S/C25H31ClN2O4/c1-25(2,3)32-24(31)28-15-7-5-4-6-14-27-23(30)21-13-9-11-19(22(21)29)16-18-10-8-12-20(26)17-18/h4-5,8-13,17,21H,6-7,14-16H2,1-3H3,(H,27,30)(H,28,31). The molecule has 0 bridgehead atoms. The number of halogens is 1. The summed E-state index contributed by atoms with van der Waals surface area (Å²) in [4.78, 5) is 36.7. The van der Waals surface area contributed by atoms with E-state index in [2.05, 4.69) is 10.6 Å². The van der Waals surface area contributed by atoms with Gasteiger partial charge in [-0.2, -0.15) is 0 Å². The highest BCUT2D eigenvalue weighted by molar-refractivity contribution is 6.30. The van der Waals surface area contributed by atoms with Crippen molar-refractivity contribution in [2.75, 3.05) is 13.1 Å². The normalized spacial score (nSPS) is 16.1. The molecule has 32 heavy (non-hydrogen) atoms. The van der Waals surface area contributed by atoms with Crippen molar-refractivity contribution in [2.45, 2.75) is 45.6 Å². The topological polar surface area (TPSA) is 84.5 Å². The number of alkyl carbamates (subject to hydrolysis) is 1. The van der Waals surface area contributed by atoms with E-state index in [9.17, 15) is 14.4 Å². The van der Waals surface area contributed by atoms with Gasteiger partial charge in [0.25, 0.3) is 0 Å². The van der Waals surface area contributed by atoms with Crippen LogP contribution in [0.2, 0.25) is 5.02 Å². The molecular formula is C25H31ClN2O4. The molecule has 0 spiro atoms. The van der Waals surface area contributed by atoms with Crippen molar-refractivity contribution in [3.05, 3.63) is 70.8 Å². The Labute approximate surface area is 194 Å². The largest absolute Gasteiger partial charge is 0.444 e. The van der Waals surface area contributed by atoms with Gasteiger partial charge in [0.05, 0.1) is 0 Å². The van der Waals surface area contributed by atoms with Crippen LogP contribution >= 0.6 is 11.6 Å². The molecule has 1 unspecified atom stereocenters. The Morgan fingerprint density at radius 3 is 2.47 bits per heavy atom. The average molecular weight is 459 g/mol. The first-order valence-corrected chi connectivity index (χ1v) is 11.1. The molecule has 0 aliphatic heterocycles. The summed E-state index contributed by atoms with van der Waals surface area (Å²) < 4.78 is 5.16. The summed E-state index contributed by atoms with van der Waals surface area (Å²) in [5.74, 6) is -1.30. The van der Waals surface area contributed by atoms with E-state index in [-0.39, 0.29) is 11.7 Å². The molecule has 6 nitrogen and oxygen atoms in total. The second-order valence-electron chi connectivity index (χ2n) is 8.49. The number of carbonyl (C=O) groups excluding carboxylic acids is 3. The minimum atomic E-state index is -0.809. The molecule has 0 radical (unpaired) electrons. The third kappa shape index (κ3) is 9.10. The number of ether oxygens (including phenoxy) is 1. The van der Waals surface area contributed by atoms with E-state index in [4.69, 9.17) is 16.3 Å². The fourth-order valence-corrected chi connectivity index (χ4v) is 3.28. The van der Waals surface area contributed by atoms with E-state index in [1.165, 1.54) is 0 Å². The highest BCUT2D eigenvalue weighted by atomic mass is 35.5. The fraction of sp³-hybridized carbons (Fsp3) is 0.400. The van der Waals surface area contributed by atoms with Crippen molar-refractivity contribution >= 4 is 29.4 Å². The Kier molecular flexibility index (Phi) is 9.72. The van der Waals surface area contributed by atoms with E-state index >= 15 is 0 Å². The number of hydrogen-bond acceptors (Lipinski definition) is 4. The van der Waals surface area contributed by atoms with Gasteiger partial charge in [0.1, 0.15) is 11.5 Å². The Bertz CT molecular complexity index is 913. The molecular weight excluding hydrogens is 428 g/mol. The number of ketones is 1. The van der Waals surface area contributed by atoms with Gasteiger partial charge in [-0.25, -0.2) is 4.79 Å². The van der Waals surface area contributed by atoms with Crippen LogP contribution in [0.15, 0.2) is 60.2 Å². The maximum Gasteiger partial charge on any atom is 0.407 e. The van der Waals surface area contributed by atoms with Gasteiger partial charge in [-0.05, 0) is 51.3 Å². The van der Waals surface area contributed by atoms with Crippen molar-refractivity contribution in [3.8, 4) is 0 Å². The lowest BCUT2D eigenvalue weighted by Gasteiger charge is -2.19. The predicted molar refractivity (Wildman–Crippen MR) is 126 cm³/mol. The van der Waals surface area contributed by atoms with Crippen LogP contribution in [-0.2, 0) is 20.7 Å². The fourth-order valence-electron chi connectivity index (χ4n) is 3.07. The van der Waals surface area contributed by atoms with Crippen LogP contribution in [0.3, 0.4) is 0 Å². The molecule has 7 heteroatoms. The number of benzene rings is 1. The zero-order chi connectivity index (χ0) is 23.6. The number of rotatable bonds is 9. The van der Waals surface area contributed by atoms with Crippen LogP contribution in [0.25, 0.3) is 0 Å². The van der Waals surface area contributed by atoms with Crippen LogP contribution in [-0.4, -0.2) is 36.5 Å². The van der Waals surface area contributed by atoms with Crippen LogP contribution in [0.5, 0.6) is 0 Å². The van der Waals surface area contributed by atoms with Gasteiger partial charge in [-0.3, -0.25) is 9.59 Å². The first kappa shape index (κ1) is 25.4. The van der Waals surface area contributed by atoms with Crippen LogP contribution in [0.1, 0.15) is 39.2 Å². The van der Waals surface area contributed by atoms with Gasteiger partial charge in [0.2, 0.25) is 5.91 Å². The van der Waals surface area contributed by atoms with Gasteiger partial charge in [0.15, 0.2) is 5.78 Å². The number of nitrogens with one attached hydrogen (secondary N) is 2. The average Bonchev–Trinajstić information content (AvgIpc) is 2.70. The van der Waals surface area contributed by atoms with Gasteiger partial charge in [0, 0.05) is 30.1 Å². The summed E-state index contributed by atoms with van der Waals surface area (Å²) in [5, 5.41) is 6.11. The lowest BCUT2D eigenvalue weighted by Crippen LogP contribution is -2.36. The molecule has 1 aliphatic rings. The maximum atomic E-state index is 12.7. The molecule has 1 aliphatic carbocycles. The molecule has 2 rings (SSSR count). The second-order valence-corrected chi connectivity index (χ2v) is 8.93. The van der Waals surface area contributed by atoms with E-state index in [0.717, 1.165) is 5.56 Å². The molecule has 0 saturated carbocycles. The van der Waals surface area contributed by atoms with E-state index in [1.807, 2.05) is 51.1 Å². The minimum Gasteiger partial charge on any atom is -0.444 e. The number of hydrogen-bond donors (Lipinski definition) is 2. The summed E-state index contributed by atoms with van der Waals surface area (Å²) in [6.45, 7) is 6.34. The van der Waals surface area contributed by atoms with Gasteiger partial charge < -0.3 is 15.4 Å². The molecule has 0 heterocycles. The molecule has 2 N–H and O–H groups in total. The first-order chi connectivity index (χ1) is 15.2. The minimum absolute atomic E-state index is 0.186. The van der Waals surface area contributed by atoms with Crippen LogP contribution in [0, 0.1) is 5.92 Å². The summed E-state index contributed by atoms with van der Waals surface area (Å²) >= 11 is 6.01. The monoisotopic (exact) mass is 458 g/mol. The number of Topliss-reactive ketones (excluding diaryl/α,β-unsaturated/α-hetero) is 1. The van der Waals surface area contributed by atoms with E-state index in [0.29, 0.717) is 42.9 Å². The lowest BCUT2D eigenvalue weighted by molar-refractivity contribution is -0.130.